The van der Waals surface area contributed by atoms with Gasteiger partial charge in [-0.05, 0) is 43.5 Å². The zero-order valence-corrected chi connectivity index (χ0v) is 15.2. The predicted octanol–water partition coefficient (Wildman–Crippen LogP) is 2.42. The predicted molar refractivity (Wildman–Crippen MR) is 106 cm³/mol. The van der Waals surface area contributed by atoms with Crippen LogP contribution in [0.15, 0.2) is 48.8 Å². The molecule has 3 aromatic heterocycles. The monoisotopic (exact) mass is 373 g/mol. The number of aromatic nitrogens is 5. The summed E-state index contributed by atoms with van der Waals surface area (Å²) in [5.74, 6) is 1.08. The Morgan fingerprint density at radius 3 is 2.93 bits per heavy atom. The van der Waals surface area contributed by atoms with E-state index in [1.165, 1.54) is 0 Å². The van der Waals surface area contributed by atoms with E-state index in [9.17, 15) is 4.79 Å². The summed E-state index contributed by atoms with van der Waals surface area (Å²) in [6.07, 6.45) is 6.17. The molecule has 28 heavy (non-hydrogen) atoms. The summed E-state index contributed by atoms with van der Waals surface area (Å²) in [5, 5.41) is 11.8. The average molecular weight is 373 g/mol. The number of hydrogen-bond acceptors (Lipinski definition) is 6. The average Bonchev–Trinajstić information content (AvgIpc) is 3.09. The summed E-state index contributed by atoms with van der Waals surface area (Å²) in [5.41, 5.74) is 2.33. The quantitative estimate of drug-likeness (QED) is 0.572. The Balaban J connectivity index is 1.66. The van der Waals surface area contributed by atoms with Crippen LogP contribution in [0.3, 0.4) is 0 Å². The molecule has 1 atom stereocenters. The molecule has 2 N–H and O–H groups in total. The Morgan fingerprint density at radius 2 is 2.04 bits per heavy atom. The number of amides is 1. The van der Waals surface area contributed by atoms with E-state index in [4.69, 9.17) is 9.97 Å². The van der Waals surface area contributed by atoms with Crippen LogP contribution in [-0.2, 0) is 4.79 Å². The number of carbonyl (C=O) groups excluding carboxylic acids is 1. The molecule has 4 heterocycles. The maximum Gasteiger partial charge on any atom is 0.242 e. The van der Waals surface area contributed by atoms with Gasteiger partial charge in [0.05, 0.1) is 5.52 Å². The number of benzene rings is 1. The van der Waals surface area contributed by atoms with Crippen molar-refractivity contribution in [2.24, 2.45) is 0 Å². The maximum absolute atomic E-state index is 12.4. The van der Waals surface area contributed by atoms with Gasteiger partial charge in [0.15, 0.2) is 11.5 Å². The molecule has 5 rings (SSSR count). The molecular formula is C20H19N7O. The van der Waals surface area contributed by atoms with Crippen molar-refractivity contribution < 1.29 is 4.79 Å². The molecule has 1 aliphatic heterocycles. The van der Waals surface area contributed by atoms with Crippen molar-refractivity contribution in [3.63, 3.8) is 0 Å². The maximum atomic E-state index is 12.4. The van der Waals surface area contributed by atoms with Gasteiger partial charge in [-0.15, -0.1) is 5.10 Å². The molecule has 1 amide bonds. The molecule has 1 fully saturated rings. The topological polar surface area (TPSA) is 97.1 Å². The van der Waals surface area contributed by atoms with E-state index in [1.54, 1.807) is 16.9 Å². The standard InChI is InChI=1S/C20H19N7O/c28-19-16(9-3-4-11-22-19)24-20-23-15-8-2-1-7-14(15)18-25-17(26-27(18)20)13-6-5-10-21-12-13/h1-2,5-8,10,12,16H,3-4,9,11H2,(H,22,28)(H,23,24)/t16-/m1/s1. The van der Waals surface area contributed by atoms with Gasteiger partial charge in [0.1, 0.15) is 6.04 Å². The second-order valence-electron chi connectivity index (χ2n) is 6.85. The molecule has 0 radical (unpaired) electrons. The van der Waals surface area contributed by atoms with Crippen LogP contribution in [0.4, 0.5) is 5.95 Å². The fourth-order valence-corrected chi connectivity index (χ4v) is 3.50. The van der Waals surface area contributed by atoms with Gasteiger partial charge in [-0.1, -0.05) is 12.1 Å². The molecule has 0 unspecified atom stereocenters. The Labute approximate surface area is 161 Å². The van der Waals surface area contributed by atoms with Gasteiger partial charge in [-0.2, -0.15) is 4.52 Å². The molecule has 8 heteroatoms. The van der Waals surface area contributed by atoms with Crippen LogP contribution in [0.1, 0.15) is 19.3 Å². The van der Waals surface area contributed by atoms with Crippen LogP contribution in [0.2, 0.25) is 0 Å². The second-order valence-corrected chi connectivity index (χ2v) is 6.85. The minimum Gasteiger partial charge on any atom is -0.354 e. The first kappa shape index (κ1) is 16.6. The lowest BCUT2D eigenvalue weighted by molar-refractivity contribution is -0.121. The van der Waals surface area contributed by atoms with Crippen LogP contribution >= 0.6 is 0 Å². The van der Waals surface area contributed by atoms with Gasteiger partial charge >= 0.3 is 0 Å². The van der Waals surface area contributed by atoms with E-state index in [2.05, 4.69) is 20.7 Å². The number of fused-ring (bicyclic) bond motifs is 3. The van der Waals surface area contributed by atoms with Crippen molar-refractivity contribution in [3.8, 4) is 11.4 Å². The normalized spacial score (nSPS) is 17.4. The van der Waals surface area contributed by atoms with Crippen molar-refractivity contribution in [1.82, 2.24) is 29.9 Å². The number of rotatable bonds is 3. The van der Waals surface area contributed by atoms with E-state index in [0.29, 0.717) is 24.0 Å². The number of para-hydroxylation sites is 1. The van der Waals surface area contributed by atoms with Crippen molar-refractivity contribution in [3.05, 3.63) is 48.8 Å². The lowest BCUT2D eigenvalue weighted by Gasteiger charge is -2.16. The van der Waals surface area contributed by atoms with Crippen LogP contribution in [0.25, 0.3) is 27.9 Å². The van der Waals surface area contributed by atoms with Crippen LogP contribution in [0, 0.1) is 0 Å². The van der Waals surface area contributed by atoms with Crippen LogP contribution < -0.4 is 10.6 Å². The highest BCUT2D eigenvalue weighted by atomic mass is 16.2. The Morgan fingerprint density at radius 1 is 1.11 bits per heavy atom. The number of anilines is 1. The molecule has 0 spiro atoms. The van der Waals surface area contributed by atoms with Crippen molar-refractivity contribution >= 4 is 28.4 Å². The number of nitrogens with one attached hydrogen (secondary N) is 2. The van der Waals surface area contributed by atoms with E-state index in [0.717, 1.165) is 35.7 Å². The van der Waals surface area contributed by atoms with Gasteiger partial charge in [0, 0.05) is 29.9 Å². The largest absolute Gasteiger partial charge is 0.354 e. The lowest BCUT2D eigenvalue weighted by Crippen LogP contribution is -2.38. The fraction of sp³-hybridized carbons (Fsp3) is 0.250. The lowest BCUT2D eigenvalue weighted by atomic mass is 10.1. The van der Waals surface area contributed by atoms with Crippen molar-refractivity contribution in [1.29, 1.82) is 0 Å². The summed E-state index contributed by atoms with van der Waals surface area (Å²) in [6, 6.07) is 11.2. The summed E-state index contributed by atoms with van der Waals surface area (Å²) in [6.45, 7) is 0.714. The van der Waals surface area contributed by atoms with Crippen LogP contribution in [0.5, 0.6) is 0 Å². The highest BCUT2D eigenvalue weighted by molar-refractivity contribution is 5.93. The number of hydrogen-bond donors (Lipinski definition) is 2. The number of carbonyl (C=O) groups is 1. The van der Waals surface area contributed by atoms with Gasteiger partial charge in [-0.25, -0.2) is 9.97 Å². The van der Waals surface area contributed by atoms with Gasteiger partial charge in [0.2, 0.25) is 11.9 Å². The van der Waals surface area contributed by atoms with E-state index in [-0.39, 0.29) is 11.9 Å². The summed E-state index contributed by atoms with van der Waals surface area (Å²) in [7, 11) is 0. The Bertz CT molecular complexity index is 1160. The molecule has 1 aromatic carbocycles. The minimum atomic E-state index is -0.342. The number of nitrogens with zero attached hydrogens (tertiary/aromatic N) is 5. The Hall–Kier alpha value is -3.55. The zero-order chi connectivity index (χ0) is 18.9. The first-order chi connectivity index (χ1) is 13.8. The fourth-order valence-electron chi connectivity index (χ4n) is 3.50. The Kier molecular flexibility index (Phi) is 4.08. The molecule has 140 valence electrons. The van der Waals surface area contributed by atoms with Crippen LogP contribution in [-0.4, -0.2) is 43.1 Å². The molecule has 1 aliphatic rings. The number of pyridine rings is 1. The van der Waals surface area contributed by atoms with Gasteiger partial charge < -0.3 is 10.6 Å². The summed E-state index contributed by atoms with van der Waals surface area (Å²) in [4.78, 5) is 26.0. The molecule has 0 bridgehead atoms. The van der Waals surface area contributed by atoms with E-state index >= 15 is 0 Å². The second kappa shape index (κ2) is 6.88. The summed E-state index contributed by atoms with van der Waals surface area (Å²) < 4.78 is 1.68. The molecule has 0 saturated carbocycles. The van der Waals surface area contributed by atoms with Gasteiger partial charge in [-0.3, -0.25) is 9.78 Å². The SMILES string of the molecule is O=C1NCCCC[C@H]1Nc1nc2ccccc2c2nc(-c3cccnc3)nn12. The third kappa shape index (κ3) is 2.92. The first-order valence-electron chi connectivity index (χ1n) is 9.40. The smallest absolute Gasteiger partial charge is 0.242 e. The van der Waals surface area contributed by atoms with Gasteiger partial charge in [0.25, 0.3) is 0 Å². The third-order valence-electron chi connectivity index (χ3n) is 4.94. The molecular weight excluding hydrogens is 354 g/mol. The molecule has 8 nitrogen and oxygen atoms in total. The minimum absolute atomic E-state index is 0.00629. The summed E-state index contributed by atoms with van der Waals surface area (Å²) >= 11 is 0. The molecule has 4 aromatic rings. The van der Waals surface area contributed by atoms with Crippen molar-refractivity contribution in [2.75, 3.05) is 11.9 Å². The highest BCUT2D eigenvalue weighted by Gasteiger charge is 2.23. The van der Waals surface area contributed by atoms with Crippen molar-refractivity contribution in [2.45, 2.75) is 25.3 Å². The highest BCUT2D eigenvalue weighted by Crippen LogP contribution is 2.24. The third-order valence-corrected chi connectivity index (χ3v) is 4.94. The van der Waals surface area contributed by atoms with E-state index < -0.39 is 0 Å². The zero-order valence-electron chi connectivity index (χ0n) is 15.2. The molecule has 1 saturated heterocycles. The first-order valence-corrected chi connectivity index (χ1v) is 9.40. The van der Waals surface area contributed by atoms with E-state index in [1.807, 2.05) is 36.4 Å². The molecule has 0 aliphatic carbocycles.